The zero-order chi connectivity index (χ0) is 15.2. The molecule has 0 atom stereocenters. The van der Waals surface area contributed by atoms with Crippen molar-refractivity contribution in [2.24, 2.45) is 5.84 Å². The smallest absolute Gasteiger partial charge is 0.332 e. The van der Waals surface area contributed by atoms with Gasteiger partial charge in [-0.15, -0.1) is 0 Å². The van der Waals surface area contributed by atoms with Gasteiger partial charge in [0.25, 0.3) is 0 Å². The SMILES string of the molecule is CC(=O)Nc1ccc(CN(N)C(=O)NC2CCCC2)cc1. The van der Waals surface area contributed by atoms with Crippen LogP contribution in [0.3, 0.4) is 0 Å². The fourth-order valence-electron chi connectivity index (χ4n) is 2.49. The van der Waals surface area contributed by atoms with Crippen molar-refractivity contribution in [3.63, 3.8) is 0 Å². The number of nitrogens with two attached hydrogens (primary N) is 1. The van der Waals surface area contributed by atoms with Crippen LogP contribution < -0.4 is 16.5 Å². The minimum atomic E-state index is -0.243. The maximum atomic E-state index is 11.9. The molecule has 0 radical (unpaired) electrons. The van der Waals surface area contributed by atoms with Crippen LogP contribution in [0.4, 0.5) is 10.5 Å². The predicted octanol–water partition coefficient (Wildman–Crippen LogP) is 1.97. The largest absolute Gasteiger partial charge is 0.334 e. The van der Waals surface area contributed by atoms with E-state index in [2.05, 4.69) is 10.6 Å². The number of rotatable bonds is 4. The quantitative estimate of drug-likeness (QED) is 0.450. The van der Waals surface area contributed by atoms with E-state index in [9.17, 15) is 9.59 Å². The third-order valence-corrected chi connectivity index (χ3v) is 3.57. The molecule has 3 amide bonds. The lowest BCUT2D eigenvalue weighted by Gasteiger charge is -2.20. The Bertz CT molecular complexity index is 495. The van der Waals surface area contributed by atoms with E-state index in [0.717, 1.165) is 24.1 Å². The number of carbonyl (C=O) groups excluding carboxylic acids is 2. The zero-order valence-corrected chi connectivity index (χ0v) is 12.3. The number of nitrogens with zero attached hydrogens (tertiary/aromatic N) is 1. The number of benzene rings is 1. The monoisotopic (exact) mass is 290 g/mol. The van der Waals surface area contributed by atoms with E-state index in [1.807, 2.05) is 12.1 Å². The number of hydrogen-bond acceptors (Lipinski definition) is 3. The van der Waals surface area contributed by atoms with Crippen LogP contribution in [0.5, 0.6) is 0 Å². The predicted molar refractivity (Wildman–Crippen MR) is 81.3 cm³/mol. The Balaban J connectivity index is 1.84. The van der Waals surface area contributed by atoms with E-state index in [0.29, 0.717) is 6.54 Å². The molecule has 0 spiro atoms. The van der Waals surface area contributed by atoms with Gasteiger partial charge < -0.3 is 10.6 Å². The van der Waals surface area contributed by atoms with Gasteiger partial charge in [-0.2, -0.15) is 0 Å². The van der Waals surface area contributed by atoms with E-state index in [4.69, 9.17) is 5.84 Å². The molecule has 1 fully saturated rings. The van der Waals surface area contributed by atoms with E-state index in [-0.39, 0.29) is 18.0 Å². The molecule has 1 saturated carbocycles. The lowest BCUT2D eigenvalue weighted by atomic mass is 10.2. The second-order valence-corrected chi connectivity index (χ2v) is 5.44. The van der Waals surface area contributed by atoms with Crippen LogP contribution in [0.2, 0.25) is 0 Å². The summed E-state index contributed by atoms with van der Waals surface area (Å²) in [6, 6.07) is 7.28. The average Bonchev–Trinajstić information content (AvgIpc) is 2.93. The summed E-state index contributed by atoms with van der Waals surface area (Å²) in [7, 11) is 0. The molecule has 21 heavy (non-hydrogen) atoms. The van der Waals surface area contributed by atoms with Gasteiger partial charge in [-0.3, -0.25) is 9.80 Å². The molecule has 0 bridgehead atoms. The van der Waals surface area contributed by atoms with Crippen molar-refractivity contribution in [2.75, 3.05) is 5.32 Å². The Hall–Kier alpha value is -2.08. The Labute approximate surface area is 124 Å². The van der Waals surface area contributed by atoms with E-state index in [1.165, 1.54) is 24.8 Å². The molecule has 114 valence electrons. The van der Waals surface area contributed by atoms with Gasteiger partial charge in [0.05, 0.1) is 6.54 Å². The van der Waals surface area contributed by atoms with Crippen molar-refractivity contribution in [3.05, 3.63) is 29.8 Å². The topological polar surface area (TPSA) is 87.5 Å². The van der Waals surface area contributed by atoms with Crippen molar-refractivity contribution >= 4 is 17.6 Å². The maximum absolute atomic E-state index is 11.9. The third kappa shape index (κ3) is 4.75. The Morgan fingerprint density at radius 3 is 2.43 bits per heavy atom. The van der Waals surface area contributed by atoms with Crippen molar-refractivity contribution in [2.45, 2.75) is 45.2 Å². The first kappa shape index (κ1) is 15.3. The third-order valence-electron chi connectivity index (χ3n) is 3.57. The normalized spacial score (nSPS) is 14.8. The van der Waals surface area contributed by atoms with Gasteiger partial charge in [-0.05, 0) is 30.5 Å². The fourth-order valence-corrected chi connectivity index (χ4v) is 2.49. The summed E-state index contributed by atoms with van der Waals surface area (Å²) >= 11 is 0. The summed E-state index contributed by atoms with van der Waals surface area (Å²) < 4.78 is 0. The average molecular weight is 290 g/mol. The lowest BCUT2D eigenvalue weighted by molar-refractivity contribution is -0.114. The number of amides is 3. The minimum absolute atomic E-state index is 0.112. The van der Waals surface area contributed by atoms with Crippen molar-refractivity contribution < 1.29 is 9.59 Å². The second-order valence-electron chi connectivity index (χ2n) is 5.44. The molecule has 0 aliphatic heterocycles. The highest BCUT2D eigenvalue weighted by molar-refractivity contribution is 5.88. The standard InChI is InChI=1S/C15H22N4O2/c1-11(20)17-14-8-6-12(7-9-14)10-19(16)15(21)18-13-4-2-3-5-13/h6-9,13H,2-5,10,16H2,1H3,(H,17,20)(H,18,21). The van der Waals surface area contributed by atoms with Crippen LogP contribution >= 0.6 is 0 Å². The lowest BCUT2D eigenvalue weighted by Crippen LogP contribution is -2.47. The van der Waals surface area contributed by atoms with Crippen LogP contribution in [0.25, 0.3) is 0 Å². The molecule has 6 heteroatoms. The fraction of sp³-hybridized carbons (Fsp3) is 0.467. The first-order valence-electron chi connectivity index (χ1n) is 7.24. The number of nitrogens with one attached hydrogen (secondary N) is 2. The second kappa shape index (κ2) is 7.08. The molecular formula is C15H22N4O2. The van der Waals surface area contributed by atoms with Gasteiger partial charge in [0.15, 0.2) is 0 Å². The van der Waals surface area contributed by atoms with Crippen LogP contribution in [0.15, 0.2) is 24.3 Å². The molecule has 1 aliphatic carbocycles. The first-order valence-corrected chi connectivity index (χ1v) is 7.24. The molecule has 0 aromatic heterocycles. The van der Waals surface area contributed by atoms with Crippen LogP contribution in [-0.4, -0.2) is 23.0 Å². The summed E-state index contributed by atoms with van der Waals surface area (Å²) in [6.07, 6.45) is 4.40. The molecule has 0 heterocycles. The highest BCUT2D eigenvalue weighted by Gasteiger charge is 2.19. The Morgan fingerprint density at radius 2 is 1.86 bits per heavy atom. The van der Waals surface area contributed by atoms with E-state index < -0.39 is 0 Å². The number of carbonyl (C=O) groups is 2. The van der Waals surface area contributed by atoms with Gasteiger partial charge in [-0.1, -0.05) is 25.0 Å². The van der Waals surface area contributed by atoms with Crippen LogP contribution in [0, 0.1) is 0 Å². The molecule has 1 aromatic rings. The highest BCUT2D eigenvalue weighted by Crippen LogP contribution is 2.18. The van der Waals surface area contributed by atoms with Crippen molar-refractivity contribution in [1.82, 2.24) is 10.3 Å². The van der Waals surface area contributed by atoms with Crippen molar-refractivity contribution in [3.8, 4) is 0 Å². The van der Waals surface area contributed by atoms with Gasteiger partial charge in [0.1, 0.15) is 0 Å². The zero-order valence-electron chi connectivity index (χ0n) is 12.3. The summed E-state index contributed by atoms with van der Waals surface area (Å²) in [4.78, 5) is 22.9. The van der Waals surface area contributed by atoms with Gasteiger partial charge in [0, 0.05) is 18.7 Å². The van der Waals surface area contributed by atoms with Gasteiger partial charge in [0.2, 0.25) is 5.91 Å². The van der Waals surface area contributed by atoms with E-state index in [1.54, 1.807) is 12.1 Å². The highest BCUT2D eigenvalue weighted by atomic mass is 16.2. The summed E-state index contributed by atoms with van der Waals surface area (Å²) in [5.41, 5.74) is 1.64. The first-order chi connectivity index (χ1) is 10.0. The summed E-state index contributed by atoms with van der Waals surface area (Å²) in [5.74, 6) is 5.69. The molecule has 1 aliphatic rings. The maximum Gasteiger partial charge on any atom is 0.332 e. The number of urea groups is 1. The molecule has 6 nitrogen and oxygen atoms in total. The van der Waals surface area contributed by atoms with Gasteiger partial charge >= 0.3 is 6.03 Å². The van der Waals surface area contributed by atoms with E-state index >= 15 is 0 Å². The molecule has 4 N–H and O–H groups in total. The molecule has 0 saturated heterocycles. The molecular weight excluding hydrogens is 268 g/mol. The Morgan fingerprint density at radius 1 is 1.24 bits per heavy atom. The summed E-state index contributed by atoms with van der Waals surface area (Å²) in [6.45, 7) is 1.79. The number of hydrogen-bond donors (Lipinski definition) is 3. The number of anilines is 1. The Kier molecular flexibility index (Phi) is 5.16. The van der Waals surface area contributed by atoms with Crippen molar-refractivity contribution in [1.29, 1.82) is 0 Å². The van der Waals surface area contributed by atoms with Crippen LogP contribution in [-0.2, 0) is 11.3 Å². The minimum Gasteiger partial charge on any atom is -0.334 e. The number of hydrazine groups is 1. The van der Waals surface area contributed by atoms with Crippen LogP contribution in [0.1, 0.15) is 38.2 Å². The summed E-state index contributed by atoms with van der Waals surface area (Å²) in [5, 5.41) is 6.82. The van der Waals surface area contributed by atoms with Gasteiger partial charge in [-0.25, -0.2) is 10.6 Å². The molecule has 2 rings (SSSR count). The molecule has 1 aromatic carbocycles. The molecule has 0 unspecified atom stereocenters.